The molecule has 76 valence electrons. The molecule has 0 amide bonds. The number of phenolic OH excluding ortho intramolecular Hbond substituents is 1. The third-order valence-corrected chi connectivity index (χ3v) is 1.94. The van der Waals surface area contributed by atoms with Crippen LogP contribution in [0.3, 0.4) is 0 Å². The Kier molecular flexibility index (Phi) is 3.61. The van der Waals surface area contributed by atoms with Crippen molar-refractivity contribution in [3.63, 3.8) is 0 Å². The van der Waals surface area contributed by atoms with Gasteiger partial charge in [-0.25, -0.2) is 0 Å². The molecule has 1 N–H and O–H groups in total. The Morgan fingerprint density at radius 3 is 2.53 bits per heavy atom. The lowest BCUT2D eigenvalue weighted by atomic mass is 10.0. The minimum absolute atomic E-state index is 0.163. The molecule has 1 aromatic carbocycles. The molecule has 0 fully saturated rings. The first kappa shape index (κ1) is 11.0. The van der Waals surface area contributed by atoms with Crippen molar-refractivity contribution in [1.29, 1.82) is 0 Å². The largest absolute Gasteiger partial charge is 0.508 e. The summed E-state index contributed by atoms with van der Waals surface area (Å²) in [5.74, 6) is 5.91. The number of hydrogen-bond acceptors (Lipinski definition) is 2. The number of aromatic hydroxyl groups is 1. The lowest BCUT2D eigenvalue weighted by Crippen LogP contribution is -1.87. The van der Waals surface area contributed by atoms with Gasteiger partial charge in [0.15, 0.2) is 0 Å². The van der Waals surface area contributed by atoms with E-state index in [0.29, 0.717) is 0 Å². The summed E-state index contributed by atoms with van der Waals surface area (Å²) >= 11 is 0. The molecular formula is C11H11N3O. The zero-order chi connectivity index (χ0) is 11.3. The van der Waals surface area contributed by atoms with Crippen LogP contribution in [0.2, 0.25) is 0 Å². The van der Waals surface area contributed by atoms with Crippen molar-refractivity contribution in [1.82, 2.24) is 0 Å². The highest BCUT2D eigenvalue weighted by Gasteiger charge is 2.01. The topological polar surface area (TPSA) is 69.0 Å². The van der Waals surface area contributed by atoms with Crippen LogP contribution in [0.25, 0.3) is 10.4 Å². The molecule has 0 heterocycles. The van der Waals surface area contributed by atoms with E-state index in [2.05, 4.69) is 21.9 Å². The SMILES string of the molecule is Cc1cc(O)cc(C)c1C#CCN=[N+]=[N-]. The second-order valence-electron chi connectivity index (χ2n) is 3.15. The molecule has 0 aliphatic rings. The zero-order valence-corrected chi connectivity index (χ0v) is 8.65. The molecular weight excluding hydrogens is 190 g/mol. The molecule has 1 rings (SSSR count). The number of nitrogens with zero attached hydrogens (tertiary/aromatic N) is 3. The summed E-state index contributed by atoms with van der Waals surface area (Å²) in [6.45, 7) is 3.92. The predicted octanol–water partition coefficient (Wildman–Crippen LogP) is 2.67. The highest BCUT2D eigenvalue weighted by Crippen LogP contribution is 2.19. The van der Waals surface area contributed by atoms with Crippen LogP contribution in [0.5, 0.6) is 5.75 Å². The van der Waals surface area contributed by atoms with Gasteiger partial charge in [0.25, 0.3) is 0 Å². The van der Waals surface area contributed by atoms with Crippen LogP contribution in [0, 0.1) is 25.7 Å². The molecule has 0 aliphatic carbocycles. The van der Waals surface area contributed by atoms with Crippen molar-refractivity contribution in [2.24, 2.45) is 5.11 Å². The summed E-state index contributed by atoms with van der Waals surface area (Å²) in [4.78, 5) is 2.61. The van der Waals surface area contributed by atoms with Crippen LogP contribution in [0.15, 0.2) is 17.2 Å². The highest BCUT2D eigenvalue weighted by molar-refractivity contribution is 5.49. The fourth-order valence-electron chi connectivity index (χ4n) is 1.33. The van der Waals surface area contributed by atoms with Crippen LogP contribution >= 0.6 is 0 Å². The molecule has 0 unspecified atom stereocenters. The molecule has 0 aromatic heterocycles. The van der Waals surface area contributed by atoms with Crippen molar-refractivity contribution < 1.29 is 5.11 Å². The van der Waals surface area contributed by atoms with Crippen molar-refractivity contribution >= 4 is 0 Å². The molecule has 4 nitrogen and oxygen atoms in total. The smallest absolute Gasteiger partial charge is 0.116 e. The van der Waals surface area contributed by atoms with Crippen LogP contribution in [-0.2, 0) is 0 Å². The van der Waals surface area contributed by atoms with Gasteiger partial charge in [0.2, 0.25) is 0 Å². The van der Waals surface area contributed by atoms with E-state index in [4.69, 9.17) is 5.53 Å². The second kappa shape index (κ2) is 4.94. The van der Waals surface area contributed by atoms with Gasteiger partial charge in [0.05, 0.1) is 6.54 Å². The normalized spacial score (nSPS) is 8.67. The van der Waals surface area contributed by atoms with E-state index >= 15 is 0 Å². The van der Waals surface area contributed by atoms with Gasteiger partial charge in [-0.15, -0.1) is 0 Å². The van der Waals surface area contributed by atoms with Crippen molar-refractivity contribution in [2.75, 3.05) is 6.54 Å². The number of rotatable bonds is 1. The zero-order valence-electron chi connectivity index (χ0n) is 8.65. The summed E-state index contributed by atoms with van der Waals surface area (Å²) in [5.41, 5.74) is 10.8. The number of aryl methyl sites for hydroxylation is 2. The summed E-state index contributed by atoms with van der Waals surface area (Å²) in [5, 5.41) is 12.6. The summed E-state index contributed by atoms with van der Waals surface area (Å²) in [6.07, 6.45) is 0. The monoisotopic (exact) mass is 201 g/mol. The van der Waals surface area contributed by atoms with Gasteiger partial charge >= 0.3 is 0 Å². The fourth-order valence-corrected chi connectivity index (χ4v) is 1.33. The fraction of sp³-hybridized carbons (Fsp3) is 0.273. The maximum atomic E-state index is 9.31. The third kappa shape index (κ3) is 2.94. The van der Waals surface area contributed by atoms with Gasteiger partial charge < -0.3 is 5.11 Å². The first-order chi connectivity index (χ1) is 7.15. The molecule has 0 radical (unpaired) electrons. The third-order valence-electron chi connectivity index (χ3n) is 1.94. The summed E-state index contributed by atoms with van der Waals surface area (Å²) < 4.78 is 0. The van der Waals surface area contributed by atoms with Gasteiger partial charge in [0, 0.05) is 10.5 Å². The van der Waals surface area contributed by atoms with Crippen LogP contribution < -0.4 is 0 Å². The number of hydrogen-bond donors (Lipinski definition) is 1. The number of phenols is 1. The van der Waals surface area contributed by atoms with E-state index in [1.54, 1.807) is 12.1 Å². The predicted molar refractivity (Wildman–Crippen MR) is 58.5 cm³/mol. The number of azide groups is 1. The average Bonchev–Trinajstić information content (AvgIpc) is 2.15. The first-order valence-corrected chi connectivity index (χ1v) is 4.45. The van der Waals surface area contributed by atoms with Gasteiger partial charge in [-0.1, -0.05) is 17.0 Å². The van der Waals surface area contributed by atoms with Gasteiger partial charge in [0.1, 0.15) is 5.75 Å². The van der Waals surface area contributed by atoms with Crippen LogP contribution in [-0.4, -0.2) is 11.7 Å². The van der Waals surface area contributed by atoms with E-state index in [1.807, 2.05) is 13.8 Å². The quantitative estimate of drug-likeness (QED) is 0.322. The molecule has 0 bridgehead atoms. The number of benzene rings is 1. The van der Waals surface area contributed by atoms with Crippen LogP contribution in [0.1, 0.15) is 16.7 Å². The van der Waals surface area contributed by atoms with E-state index in [-0.39, 0.29) is 12.3 Å². The Bertz CT molecular complexity index is 453. The van der Waals surface area contributed by atoms with Crippen molar-refractivity contribution in [3.8, 4) is 17.6 Å². The van der Waals surface area contributed by atoms with Crippen molar-refractivity contribution in [2.45, 2.75) is 13.8 Å². The lowest BCUT2D eigenvalue weighted by Gasteiger charge is -2.03. The Morgan fingerprint density at radius 1 is 1.40 bits per heavy atom. The van der Waals surface area contributed by atoms with Gasteiger partial charge in [-0.2, -0.15) is 0 Å². The molecule has 1 aromatic rings. The summed E-state index contributed by atoms with van der Waals surface area (Å²) in [6, 6.07) is 3.31. The van der Waals surface area contributed by atoms with E-state index in [1.165, 1.54) is 0 Å². The van der Waals surface area contributed by atoms with Crippen molar-refractivity contribution in [3.05, 3.63) is 39.3 Å². The maximum absolute atomic E-state index is 9.31. The van der Waals surface area contributed by atoms with E-state index in [9.17, 15) is 5.11 Å². The van der Waals surface area contributed by atoms with Gasteiger partial charge in [-0.05, 0) is 42.6 Å². The molecule has 4 heteroatoms. The molecule has 0 saturated carbocycles. The highest BCUT2D eigenvalue weighted by atomic mass is 16.3. The van der Waals surface area contributed by atoms with Gasteiger partial charge in [-0.3, -0.25) is 0 Å². The Balaban J connectivity index is 3.02. The molecule has 0 saturated heterocycles. The van der Waals surface area contributed by atoms with E-state index in [0.717, 1.165) is 16.7 Å². The molecule has 0 spiro atoms. The van der Waals surface area contributed by atoms with E-state index < -0.39 is 0 Å². The summed E-state index contributed by atoms with van der Waals surface area (Å²) in [7, 11) is 0. The second-order valence-corrected chi connectivity index (χ2v) is 3.15. The Hall–Kier alpha value is -2.11. The lowest BCUT2D eigenvalue weighted by molar-refractivity contribution is 0.474. The van der Waals surface area contributed by atoms with Crippen LogP contribution in [0.4, 0.5) is 0 Å². The Labute approximate surface area is 88.2 Å². The Morgan fingerprint density at radius 2 is 2.00 bits per heavy atom. The maximum Gasteiger partial charge on any atom is 0.116 e. The minimum atomic E-state index is 0.163. The average molecular weight is 201 g/mol. The molecule has 0 aliphatic heterocycles. The molecule has 0 atom stereocenters. The first-order valence-electron chi connectivity index (χ1n) is 4.45. The minimum Gasteiger partial charge on any atom is -0.508 e. The molecule has 15 heavy (non-hydrogen) atoms. The standard InChI is InChI=1S/C11H11N3O/c1-8-6-10(15)7-9(2)11(8)4-3-5-13-14-12/h6-7,15H,5H2,1-2H3.